The van der Waals surface area contributed by atoms with Crippen LogP contribution in [0, 0.1) is 0 Å². The van der Waals surface area contributed by atoms with Crippen molar-refractivity contribution in [1.29, 1.82) is 0 Å². The van der Waals surface area contributed by atoms with Gasteiger partial charge in [0.2, 0.25) is 0 Å². The van der Waals surface area contributed by atoms with Gasteiger partial charge in [0, 0.05) is 16.5 Å². The maximum Gasteiger partial charge on any atom is 0.127 e. The Labute approximate surface area is 91.1 Å². The maximum absolute atomic E-state index is 10.5. The minimum atomic E-state index is 0.291. The maximum atomic E-state index is 10.5. The van der Waals surface area contributed by atoms with Gasteiger partial charge in [-0.3, -0.25) is 0 Å². The summed E-state index contributed by atoms with van der Waals surface area (Å²) < 4.78 is 11.2. The Balaban J connectivity index is 3.24. The minimum Gasteiger partial charge on any atom is -0.496 e. The van der Waals surface area contributed by atoms with Crippen molar-refractivity contribution in [1.82, 2.24) is 0 Å². The van der Waals surface area contributed by atoms with Gasteiger partial charge in [-0.15, -0.1) is 0 Å². The van der Waals surface area contributed by atoms with Crippen LogP contribution in [-0.4, -0.2) is 20.5 Å². The molecule has 0 aliphatic heterocycles. The smallest absolute Gasteiger partial charge is 0.127 e. The van der Waals surface area contributed by atoms with E-state index in [2.05, 4.69) is 15.9 Å². The number of hydrogen-bond donors (Lipinski definition) is 0. The molecule has 0 saturated carbocycles. The van der Waals surface area contributed by atoms with Crippen LogP contribution in [0.3, 0.4) is 0 Å². The van der Waals surface area contributed by atoms with Crippen molar-refractivity contribution >= 4 is 22.2 Å². The van der Waals surface area contributed by atoms with Crippen molar-refractivity contribution in [2.45, 2.75) is 6.42 Å². The average Bonchev–Trinajstić information content (AvgIpc) is 2.20. The molecule has 0 bridgehead atoms. The van der Waals surface area contributed by atoms with Crippen LogP contribution < -0.4 is 9.47 Å². The van der Waals surface area contributed by atoms with E-state index in [0.29, 0.717) is 17.9 Å². The molecule has 0 radical (unpaired) electrons. The molecule has 4 heteroatoms. The summed E-state index contributed by atoms with van der Waals surface area (Å²) in [5.74, 6) is 1.31. The first-order valence-electron chi connectivity index (χ1n) is 4.07. The van der Waals surface area contributed by atoms with Gasteiger partial charge in [0.1, 0.15) is 17.8 Å². The molecular formula is C10H11BrO3. The fourth-order valence-electron chi connectivity index (χ4n) is 1.24. The SMILES string of the molecule is COc1cc(Br)cc(OC)c1CC=O. The second-order valence-corrected chi connectivity index (χ2v) is 3.58. The molecule has 0 aromatic heterocycles. The van der Waals surface area contributed by atoms with E-state index in [0.717, 1.165) is 16.3 Å². The van der Waals surface area contributed by atoms with Crippen molar-refractivity contribution in [2.24, 2.45) is 0 Å². The highest BCUT2D eigenvalue weighted by Crippen LogP contribution is 2.32. The molecule has 0 saturated heterocycles. The van der Waals surface area contributed by atoms with E-state index in [9.17, 15) is 4.79 Å². The third-order valence-electron chi connectivity index (χ3n) is 1.86. The molecule has 3 nitrogen and oxygen atoms in total. The molecule has 14 heavy (non-hydrogen) atoms. The third-order valence-corrected chi connectivity index (χ3v) is 2.32. The van der Waals surface area contributed by atoms with Gasteiger partial charge in [0.25, 0.3) is 0 Å². The van der Waals surface area contributed by atoms with Gasteiger partial charge < -0.3 is 14.3 Å². The van der Waals surface area contributed by atoms with Crippen molar-refractivity contribution in [3.63, 3.8) is 0 Å². The van der Waals surface area contributed by atoms with Crippen LogP contribution in [0.5, 0.6) is 11.5 Å². The topological polar surface area (TPSA) is 35.5 Å². The lowest BCUT2D eigenvalue weighted by atomic mass is 10.1. The molecule has 0 N–H and O–H groups in total. The molecule has 76 valence electrons. The first kappa shape index (κ1) is 11.0. The number of aldehydes is 1. The molecule has 0 amide bonds. The quantitative estimate of drug-likeness (QED) is 0.777. The van der Waals surface area contributed by atoms with Gasteiger partial charge in [0.05, 0.1) is 14.2 Å². The van der Waals surface area contributed by atoms with Gasteiger partial charge in [-0.1, -0.05) is 15.9 Å². The van der Waals surface area contributed by atoms with Gasteiger partial charge >= 0.3 is 0 Å². The van der Waals surface area contributed by atoms with E-state index in [1.165, 1.54) is 0 Å². The zero-order valence-corrected chi connectivity index (χ0v) is 9.63. The summed E-state index contributed by atoms with van der Waals surface area (Å²) in [4.78, 5) is 10.5. The Kier molecular flexibility index (Phi) is 3.95. The van der Waals surface area contributed by atoms with E-state index in [4.69, 9.17) is 9.47 Å². The highest BCUT2D eigenvalue weighted by molar-refractivity contribution is 9.10. The molecule has 0 fully saturated rings. The van der Waals surface area contributed by atoms with Crippen LogP contribution >= 0.6 is 15.9 Å². The molecule has 0 heterocycles. The largest absolute Gasteiger partial charge is 0.496 e. The summed E-state index contributed by atoms with van der Waals surface area (Å²) in [6.45, 7) is 0. The Morgan fingerprint density at radius 3 is 2.14 bits per heavy atom. The van der Waals surface area contributed by atoms with E-state index in [1.807, 2.05) is 0 Å². The van der Waals surface area contributed by atoms with E-state index in [1.54, 1.807) is 26.4 Å². The summed E-state index contributed by atoms with van der Waals surface area (Å²) in [7, 11) is 3.13. The van der Waals surface area contributed by atoms with Crippen LogP contribution in [-0.2, 0) is 11.2 Å². The zero-order chi connectivity index (χ0) is 10.6. The number of rotatable bonds is 4. The number of benzene rings is 1. The highest BCUT2D eigenvalue weighted by Gasteiger charge is 2.10. The number of carbonyl (C=O) groups is 1. The normalized spacial score (nSPS) is 9.64. The zero-order valence-electron chi connectivity index (χ0n) is 8.04. The number of hydrogen-bond acceptors (Lipinski definition) is 3. The number of halogens is 1. The first-order valence-corrected chi connectivity index (χ1v) is 4.86. The van der Waals surface area contributed by atoms with Gasteiger partial charge in [-0.25, -0.2) is 0 Å². The highest BCUT2D eigenvalue weighted by atomic mass is 79.9. The lowest BCUT2D eigenvalue weighted by Crippen LogP contribution is -1.97. The van der Waals surface area contributed by atoms with Crippen molar-refractivity contribution < 1.29 is 14.3 Å². The lowest BCUT2D eigenvalue weighted by Gasteiger charge is -2.11. The predicted molar refractivity (Wildman–Crippen MR) is 57.0 cm³/mol. The second kappa shape index (κ2) is 5.00. The molecule has 0 aliphatic carbocycles. The Hall–Kier alpha value is -1.03. The van der Waals surface area contributed by atoms with Crippen LogP contribution in [0.2, 0.25) is 0 Å². The number of ether oxygens (including phenoxy) is 2. The predicted octanol–water partition coefficient (Wildman–Crippen LogP) is 2.21. The van der Waals surface area contributed by atoms with Crippen molar-refractivity contribution in [2.75, 3.05) is 14.2 Å². The van der Waals surface area contributed by atoms with Gasteiger partial charge in [-0.2, -0.15) is 0 Å². The van der Waals surface area contributed by atoms with Crippen LogP contribution in [0.1, 0.15) is 5.56 Å². The van der Waals surface area contributed by atoms with E-state index >= 15 is 0 Å². The molecule has 1 rings (SSSR count). The van der Waals surface area contributed by atoms with Crippen LogP contribution in [0.4, 0.5) is 0 Å². The first-order chi connectivity index (χ1) is 6.72. The molecule has 0 aliphatic rings. The molecule has 0 spiro atoms. The van der Waals surface area contributed by atoms with Gasteiger partial charge in [0.15, 0.2) is 0 Å². The molecule has 1 aromatic rings. The summed E-state index contributed by atoms with van der Waals surface area (Å²) in [5, 5.41) is 0. The van der Waals surface area contributed by atoms with Crippen molar-refractivity contribution in [3.05, 3.63) is 22.2 Å². The summed E-state index contributed by atoms with van der Waals surface area (Å²) >= 11 is 3.33. The Morgan fingerprint density at radius 1 is 1.29 bits per heavy atom. The summed E-state index contributed by atoms with van der Waals surface area (Å²) in [6, 6.07) is 3.61. The lowest BCUT2D eigenvalue weighted by molar-refractivity contribution is -0.107. The van der Waals surface area contributed by atoms with E-state index < -0.39 is 0 Å². The summed E-state index contributed by atoms with van der Waals surface area (Å²) in [5.41, 5.74) is 0.771. The monoisotopic (exact) mass is 258 g/mol. The fraction of sp³-hybridized carbons (Fsp3) is 0.300. The summed E-state index contributed by atoms with van der Waals surface area (Å²) in [6.07, 6.45) is 1.12. The third kappa shape index (κ3) is 2.26. The Bertz CT molecular complexity index is 311. The van der Waals surface area contributed by atoms with Crippen LogP contribution in [0.15, 0.2) is 16.6 Å². The standard InChI is InChI=1S/C10H11BrO3/c1-13-9-5-7(11)6-10(14-2)8(9)3-4-12/h4-6H,3H2,1-2H3. The Morgan fingerprint density at radius 2 is 1.79 bits per heavy atom. The average molecular weight is 259 g/mol. The molecular weight excluding hydrogens is 248 g/mol. The fourth-order valence-corrected chi connectivity index (χ4v) is 1.65. The molecule has 1 aromatic carbocycles. The molecule has 0 atom stereocenters. The van der Waals surface area contributed by atoms with Crippen LogP contribution in [0.25, 0.3) is 0 Å². The number of methoxy groups -OCH3 is 2. The molecule has 0 unspecified atom stereocenters. The van der Waals surface area contributed by atoms with E-state index in [-0.39, 0.29) is 0 Å². The number of carbonyl (C=O) groups excluding carboxylic acids is 1. The van der Waals surface area contributed by atoms with Gasteiger partial charge in [-0.05, 0) is 12.1 Å². The second-order valence-electron chi connectivity index (χ2n) is 2.66. The van der Waals surface area contributed by atoms with Crippen molar-refractivity contribution in [3.8, 4) is 11.5 Å². The minimum absolute atomic E-state index is 0.291.